The maximum Gasteiger partial charge on any atom is 0.262 e. The first kappa shape index (κ1) is 8.72. The van der Waals surface area contributed by atoms with Crippen LogP contribution in [0.5, 0.6) is 0 Å². The summed E-state index contributed by atoms with van der Waals surface area (Å²) in [6, 6.07) is 1.79. The van der Waals surface area contributed by atoms with Crippen molar-refractivity contribution in [2.45, 2.75) is 6.54 Å². The van der Waals surface area contributed by atoms with Crippen LogP contribution in [0.1, 0.15) is 0 Å². The van der Waals surface area contributed by atoms with Crippen molar-refractivity contribution >= 4 is 33.2 Å². The van der Waals surface area contributed by atoms with Crippen molar-refractivity contribution in [3.8, 4) is 0 Å². The summed E-state index contributed by atoms with van der Waals surface area (Å²) in [5, 5.41) is 2.54. The summed E-state index contributed by atoms with van der Waals surface area (Å²) in [4.78, 5) is 16.6. The minimum Gasteiger partial charge on any atom is -0.297 e. The zero-order valence-corrected chi connectivity index (χ0v) is 8.31. The molecule has 0 aromatic carbocycles. The van der Waals surface area contributed by atoms with Gasteiger partial charge in [-0.3, -0.25) is 9.36 Å². The van der Waals surface area contributed by atoms with Crippen molar-refractivity contribution < 1.29 is 0 Å². The highest BCUT2D eigenvalue weighted by molar-refractivity contribution is 7.16. The molecule has 2 aromatic heterocycles. The predicted molar refractivity (Wildman–Crippen MR) is 54.6 cm³/mol. The molecule has 68 valence electrons. The highest BCUT2D eigenvalue weighted by Crippen LogP contribution is 2.12. The number of halogens is 1. The van der Waals surface area contributed by atoms with E-state index in [1.54, 1.807) is 12.4 Å². The van der Waals surface area contributed by atoms with Gasteiger partial charge in [-0.1, -0.05) is 0 Å². The van der Waals surface area contributed by atoms with Gasteiger partial charge in [-0.15, -0.1) is 22.9 Å². The fourth-order valence-electron chi connectivity index (χ4n) is 1.14. The highest BCUT2D eigenvalue weighted by Gasteiger charge is 2.03. The Morgan fingerprint density at radius 3 is 3.23 bits per heavy atom. The molecule has 3 nitrogen and oxygen atoms in total. The molecule has 0 atom stereocenters. The Bertz CT molecular complexity index is 476. The van der Waals surface area contributed by atoms with Gasteiger partial charge in [-0.25, -0.2) is 4.98 Å². The summed E-state index contributed by atoms with van der Waals surface area (Å²) in [5.41, 5.74) is -0.00750. The standard InChI is InChI=1S/C8H7ClN2OS/c9-2-3-11-5-10-7-6(8(11)12)1-4-13-7/h1,4-5H,2-3H2. The van der Waals surface area contributed by atoms with Gasteiger partial charge in [0.15, 0.2) is 0 Å². The number of rotatable bonds is 2. The molecule has 2 rings (SSSR count). The molecular formula is C8H7ClN2OS. The van der Waals surface area contributed by atoms with Gasteiger partial charge in [0.2, 0.25) is 0 Å². The van der Waals surface area contributed by atoms with E-state index in [1.807, 2.05) is 5.38 Å². The lowest BCUT2D eigenvalue weighted by atomic mass is 10.4. The summed E-state index contributed by atoms with van der Waals surface area (Å²) < 4.78 is 1.53. The van der Waals surface area contributed by atoms with Crippen molar-refractivity contribution in [2.75, 3.05) is 5.88 Å². The highest BCUT2D eigenvalue weighted by atomic mass is 35.5. The molecule has 0 bridgehead atoms. The second kappa shape index (κ2) is 3.47. The summed E-state index contributed by atoms with van der Waals surface area (Å²) >= 11 is 7.02. The van der Waals surface area contributed by atoms with Crippen LogP contribution in [-0.4, -0.2) is 15.4 Å². The van der Waals surface area contributed by atoms with Crippen LogP contribution in [0.15, 0.2) is 22.6 Å². The number of alkyl halides is 1. The Kier molecular flexibility index (Phi) is 2.33. The van der Waals surface area contributed by atoms with E-state index in [4.69, 9.17) is 11.6 Å². The van der Waals surface area contributed by atoms with Gasteiger partial charge in [0.1, 0.15) is 4.83 Å². The van der Waals surface area contributed by atoms with Crippen LogP contribution in [-0.2, 0) is 6.54 Å². The number of fused-ring (bicyclic) bond motifs is 1. The van der Waals surface area contributed by atoms with Gasteiger partial charge >= 0.3 is 0 Å². The van der Waals surface area contributed by atoms with E-state index in [0.29, 0.717) is 17.8 Å². The zero-order valence-electron chi connectivity index (χ0n) is 6.74. The van der Waals surface area contributed by atoms with Crippen LogP contribution in [0.3, 0.4) is 0 Å². The average molecular weight is 215 g/mol. The van der Waals surface area contributed by atoms with Gasteiger partial charge in [0, 0.05) is 12.4 Å². The number of hydrogen-bond acceptors (Lipinski definition) is 3. The van der Waals surface area contributed by atoms with Crippen LogP contribution in [0, 0.1) is 0 Å². The number of aryl methyl sites for hydroxylation is 1. The first-order valence-electron chi connectivity index (χ1n) is 3.81. The Hall–Kier alpha value is -0.870. The van der Waals surface area contributed by atoms with Gasteiger partial charge in [0.25, 0.3) is 5.56 Å². The molecule has 0 amide bonds. The third-order valence-corrected chi connectivity index (χ3v) is 2.77. The number of aromatic nitrogens is 2. The van der Waals surface area contributed by atoms with Gasteiger partial charge < -0.3 is 0 Å². The molecule has 0 aliphatic heterocycles. The molecule has 0 N–H and O–H groups in total. The molecule has 0 saturated carbocycles. The molecule has 0 radical (unpaired) electrons. The summed E-state index contributed by atoms with van der Waals surface area (Å²) in [7, 11) is 0. The molecule has 13 heavy (non-hydrogen) atoms. The number of nitrogens with zero attached hydrogens (tertiary/aromatic N) is 2. The lowest BCUT2D eigenvalue weighted by Crippen LogP contribution is -2.20. The normalized spacial score (nSPS) is 10.8. The lowest BCUT2D eigenvalue weighted by molar-refractivity contribution is 0.723. The third-order valence-electron chi connectivity index (χ3n) is 1.78. The van der Waals surface area contributed by atoms with Crippen molar-refractivity contribution in [3.63, 3.8) is 0 Å². The average Bonchev–Trinajstić information content (AvgIpc) is 2.58. The quantitative estimate of drug-likeness (QED) is 0.714. The number of hydrogen-bond donors (Lipinski definition) is 0. The van der Waals surface area contributed by atoms with Crippen molar-refractivity contribution in [1.82, 2.24) is 9.55 Å². The number of thiophene rings is 1. The maximum absolute atomic E-state index is 11.7. The Morgan fingerprint density at radius 1 is 1.62 bits per heavy atom. The van der Waals surface area contributed by atoms with E-state index in [-0.39, 0.29) is 5.56 Å². The van der Waals surface area contributed by atoms with E-state index >= 15 is 0 Å². The molecule has 0 aliphatic rings. The lowest BCUT2D eigenvalue weighted by Gasteiger charge is -2.00. The Labute approximate surface area is 83.6 Å². The zero-order chi connectivity index (χ0) is 9.26. The molecule has 0 fully saturated rings. The summed E-state index contributed by atoms with van der Waals surface area (Å²) in [5.74, 6) is 0.428. The Morgan fingerprint density at radius 2 is 2.46 bits per heavy atom. The van der Waals surface area contributed by atoms with E-state index in [9.17, 15) is 4.79 Å². The topological polar surface area (TPSA) is 34.9 Å². The third kappa shape index (κ3) is 1.47. The van der Waals surface area contributed by atoms with Gasteiger partial charge in [0.05, 0.1) is 11.7 Å². The summed E-state index contributed by atoms with van der Waals surface area (Å²) in [6.45, 7) is 0.513. The predicted octanol–water partition coefficient (Wildman–Crippen LogP) is 1.70. The Balaban J connectivity index is 2.67. The molecule has 0 spiro atoms. The minimum atomic E-state index is -0.00750. The van der Waals surface area contributed by atoms with Crippen molar-refractivity contribution in [1.29, 1.82) is 0 Å². The van der Waals surface area contributed by atoms with Crippen molar-refractivity contribution in [2.24, 2.45) is 0 Å². The van der Waals surface area contributed by atoms with E-state index < -0.39 is 0 Å². The molecule has 0 saturated heterocycles. The first-order valence-corrected chi connectivity index (χ1v) is 5.23. The second-order valence-electron chi connectivity index (χ2n) is 2.57. The van der Waals surface area contributed by atoms with Crippen molar-refractivity contribution in [3.05, 3.63) is 28.1 Å². The largest absolute Gasteiger partial charge is 0.297 e. The van der Waals surface area contributed by atoms with Gasteiger partial charge in [-0.05, 0) is 11.4 Å². The van der Waals surface area contributed by atoms with Crippen LogP contribution in [0.2, 0.25) is 0 Å². The first-order chi connectivity index (χ1) is 6.33. The van der Waals surface area contributed by atoms with E-state index in [2.05, 4.69) is 4.98 Å². The smallest absolute Gasteiger partial charge is 0.262 e. The second-order valence-corrected chi connectivity index (χ2v) is 3.84. The van der Waals surface area contributed by atoms with Crippen LogP contribution in [0.25, 0.3) is 10.2 Å². The fourth-order valence-corrected chi connectivity index (χ4v) is 2.05. The minimum absolute atomic E-state index is 0.00750. The van der Waals surface area contributed by atoms with Gasteiger partial charge in [-0.2, -0.15) is 0 Å². The van der Waals surface area contributed by atoms with E-state index in [0.717, 1.165) is 4.83 Å². The molecule has 0 unspecified atom stereocenters. The maximum atomic E-state index is 11.7. The van der Waals surface area contributed by atoms with Crippen LogP contribution in [0.4, 0.5) is 0 Å². The molecule has 0 aliphatic carbocycles. The molecule has 5 heteroatoms. The monoisotopic (exact) mass is 214 g/mol. The van der Waals surface area contributed by atoms with Crippen LogP contribution < -0.4 is 5.56 Å². The SMILES string of the molecule is O=c1c2ccsc2ncn1CCCl. The van der Waals surface area contributed by atoms with Crippen LogP contribution >= 0.6 is 22.9 Å². The molecule has 2 aromatic rings. The molecular weight excluding hydrogens is 208 g/mol. The molecule has 2 heterocycles. The van der Waals surface area contributed by atoms with E-state index in [1.165, 1.54) is 15.9 Å². The summed E-state index contributed by atoms with van der Waals surface area (Å²) in [6.07, 6.45) is 1.55. The fraction of sp³-hybridized carbons (Fsp3) is 0.250.